The molecule has 0 saturated heterocycles. The Kier molecular flexibility index (Phi) is 4.56. The van der Waals surface area contributed by atoms with Crippen LogP contribution in [0, 0.1) is 17.5 Å². The Morgan fingerprint density at radius 2 is 0.800 bits per heavy atom. The Morgan fingerprint density at radius 1 is 0.600 bits per heavy atom. The zero-order valence-electron chi connectivity index (χ0n) is 7.39. The van der Waals surface area contributed by atoms with Gasteiger partial charge in [-0.2, -0.15) is 0 Å². The summed E-state index contributed by atoms with van der Waals surface area (Å²) in [5.74, 6) is -4.31. The molecule has 0 radical (unpaired) electrons. The highest BCUT2D eigenvalue weighted by Gasteiger charge is 2.23. The maximum absolute atomic E-state index is 13.4. The van der Waals surface area contributed by atoms with Crippen LogP contribution in [0.3, 0.4) is 0 Å². The minimum atomic E-state index is -1.04. The molecule has 0 spiro atoms. The van der Waals surface area contributed by atoms with Crippen molar-refractivity contribution in [3.05, 3.63) is 34.1 Å². The van der Waals surface area contributed by atoms with Crippen LogP contribution in [0.1, 0.15) is 16.7 Å². The molecule has 1 rings (SSSR count). The summed E-state index contributed by atoms with van der Waals surface area (Å²) in [4.78, 5) is 0. The van der Waals surface area contributed by atoms with Crippen molar-refractivity contribution in [3.63, 3.8) is 0 Å². The van der Waals surface area contributed by atoms with Gasteiger partial charge >= 0.3 is 0 Å². The van der Waals surface area contributed by atoms with Gasteiger partial charge < -0.3 is 0 Å². The molecule has 0 atom stereocenters. The lowest BCUT2D eigenvalue weighted by Gasteiger charge is -2.11. The molecule has 0 N–H and O–H groups in total. The van der Waals surface area contributed by atoms with Crippen molar-refractivity contribution in [1.29, 1.82) is 0 Å². The van der Waals surface area contributed by atoms with E-state index in [0.717, 1.165) is 0 Å². The van der Waals surface area contributed by atoms with E-state index < -0.39 is 51.8 Å². The van der Waals surface area contributed by atoms with Gasteiger partial charge in [0.15, 0.2) is 0 Å². The van der Waals surface area contributed by atoms with Gasteiger partial charge in [-0.25, -0.2) is 13.2 Å². The highest BCUT2D eigenvalue weighted by Crippen LogP contribution is 2.28. The maximum atomic E-state index is 13.4. The summed E-state index contributed by atoms with van der Waals surface area (Å²) in [6, 6.07) is 0. The lowest BCUT2D eigenvalue weighted by atomic mass is 10.1. The number of hydrogen-bond acceptors (Lipinski definition) is 0. The molecule has 0 aliphatic carbocycles. The van der Waals surface area contributed by atoms with Crippen molar-refractivity contribution in [2.24, 2.45) is 0 Å². The number of benzene rings is 1. The molecule has 15 heavy (non-hydrogen) atoms. The average molecular weight is 278 g/mol. The summed E-state index contributed by atoms with van der Waals surface area (Å²) in [6.45, 7) is 0. The fraction of sp³-hybridized carbons (Fsp3) is 0.333. The lowest BCUT2D eigenvalue weighted by molar-refractivity contribution is 0.507. The molecule has 0 saturated carbocycles. The standard InChI is InChI=1S/C9H6Cl3F3/c10-1-4-7(13)5(2-11)9(15)6(3-12)8(4)14/h1-3H2. The van der Waals surface area contributed by atoms with E-state index in [-0.39, 0.29) is 0 Å². The molecule has 1 aromatic carbocycles. The minimum Gasteiger partial charge on any atom is -0.206 e. The Bertz CT molecular complexity index is 301. The van der Waals surface area contributed by atoms with Gasteiger partial charge in [0.25, 0.3) is 0 Å². The van der Waals surface area contributed by atoms with Crippen LogP contribution in [0.4, 0.5) is 13.2 Å². The molecule has 0 bridgehead atoms. The highest BCUT2D eigenvalue weighted by molar-refractivity contribution is 6.18. The van der Waals surface area contributed by atoms with Crippen LogP contribution < -0.4 is 0 Å². The van der Waals surface area contributed by atoms with Crippen LogP contribution in [0.25, 0.3) is 0 Å². The number of alkyl halides is 3. The van der Waals surface area contributed by atoms with Gasteiger partial charge in [-0.15, -0.1) is 34.8 Å². The van der Waals surface area contributed by atoms with E-state index in [1.54, 1.807) is 0 Å². The summed E-state index contributed by atoms with van der Waals surface area (Å²) in [5.41, 5.74) is -1.20. The molecule has 0 unspecified atom stereocenters. The van der Waals surface area contributed by atoms with Gasteiger partial charge in [0.1, 0.15) is 17.5 Å². The summed E-state index contributed by atoms with van der Waals surface area (Å²) in [7, 11) is 0. The van der Waals surface area contributed by atoms with Crippen LogP contribution in [-0.4, -0.2) is 0 Å². The van der Waals surface area contributed by atoms with Crippen molar-refractivity contribution in [3.8, 4) is 0 Å². The second-order valence-electron chi connectivity index (χ2n) is 2.78. The van der Waals surface area contributed by atoms with Crippen LogP contribution in [0.15, 0.2) is 0 Å². The third kappa shape index (κ3) is 2.19. The highest BCUT2D eigenvalue weighted by atomic mass is 35.5. The van der Waals surface area contributed by atoms with Crippen LogP contribution in [0.5, 0.6) is 0 Å². The van der Waals surface area contributed by atoms with Crippen LogP contribution >= 0.6 is 34.8 Å². The Balaban J connectivity index is 3.57. The Morgan fingerprint density at radius 3 is 0.933 bits per heavy atom. The second-order valence-corrected chi connectivity index (χ2v) is 3.58. The van der Waals surface area contributed by atoms with Gasteiger partial charge in [0.05, 0.1) is 17.6 Å². The van der Waals surface area contributed by atoms with Crippen LogP contribution in [-0.2, 0) is 17.6 Å². The molecule has 6 heteroatoms. The SMILES string of the molecule is Fc1c(CCl)c(F)c(CCl)c(F)c1CCl. The zero-order valence-corrected chi connectivity index (χ0v) is 9.66. The molecule has 0 nitrogen and oxygen atoms in total. The van der Waals surface area contributed by atoms with Gasteiger partial charge in [0, 0.05) is 16.7 Å². The zero-order chi connectivity index (χ0) is 11.6. The monoisotopic (exact) mass is 276 g/mol. The molecular formula is C9H6Cl3F3. The lowest BCUT2D eigenvalue weighted by Crippen LogP contribution is -2.07. The third-order valence-corrected chi connectivity index (χ3v) is 2.79. The van der Waals surface area contributed by atoms with Crippen LogP contribution in [0.2, 0.25) is 0 Å². The summed E-state index contributed by atoms with van der Waals surface area (Å²) >= 11 is 16.1. The molecule has 0 amide bonds. The molecular weight excluding hydrogens is 271 g/mol. The largest absolute Gasteiger partial charge is 0.206 e. The first-order valence-electron chi connectivity index (χ1n) is 3.93. The molecule has 84 valence electrons. The topological polar surface area (TPSA) is 0 Å². The summed E-state index contributed by atoms with van der Waals surface area (Å²) < 4.78 is 40.3. The molecule has 0 fully saturated rings. The van der Waals surface area contributed by atoms with E-state index in [1.807, 2.05) is 0 Å². The maximum Gasteiger partial charge on any atom is 0.137 e. The molecule has 0 aromatic heterocycles. The third-order valence-electron chi connectivity index (χ3n) is 1.99. The summed E-state index contributed by atoms with van der Waals surface area (Å²) in [5, 5.41) is 0. The first-order valence-corrected chi connectivity index (χ1v) is 5.53. The number of rotatable bonds is 3. The fourth-order valence-electron chi connectivity index (χ4n) is 1.19. The average Bonchev–Trinajstić information content (AvgIpc) is 2.19. The smallest absolute Gasteiger partial charge is 0.137 e. The predicted octanol–water partition coefficient (Wildman–Crippen LogP) is 4.32. The number of hydrogen-bond donors (Lipinski definition) is 0. The first-order chi connectivity index (χ1) is 7.08. The molecule has 0 heterocycles. The predicted molar refractivity (Wildman–Crippen MR) is 55.0 cm³/mol. The number of halogens is 6. The van der Waals surface area contributed by atoms with E-state index in [2.05, 4.69) is 0 Å². The van der Waals surface area contributed by atoms with E-state index in [9.17, 15) is 13.2 Å². The van der Waals surface area contributed by atoms with Crippen molar-refractivity contribution < 1.29 is 13.2 Å². The Hall–Kier alpha value is -0.120. The fourth-order valence-corrected chi connectivity index (χ4v) is 1.89. The van der Waals surface area contributed by atoms with Gasteiger partial charge in [0.2, 0.25) is 0 Å². The van der Waals surface area contributed by atoms with Gasteiger partial charge in [-0.05, 0) is 0 Å². The molecule has 0 aliphatic heterocycles. The van der Waals surface area contributed by atoms with E-state index in [0.29, 0.717) is 0 Å². The Labute approximate surface area is 99.9 Å². The van der Waals surface area contributed by atoms with E-state index in [4.69, 9.17) is 34.8 Å². The normalized spacial score (nSPS) is 10.8. The summed E-state index contributed by atoms with van der Waals surface area (Å²) in [6.07, 6.45) is 0. The second kappa shape index (κ2) is 5.28. The molecule has 0 aliphatic rings. The van der Waals surface area contributed by atoms with Crippen molar-refractivity contribution in [2.75, 3.05) is 0 Å². The van der Waals surface area contributed by atoms with E-state index in [1.165, 1.54) is 0 Å². The quantitative estimate of drug-likeness (QED) is 0.722. The van der Waals surface area contributed by atoms with Gasteiger partial charge in [-0.3, -0.25) is 0 Å². The van der Waals surface area contributed by atoms with Crippen molar-refractivity contribution in [1.82, 2.24) is 0 Å². The minimum absolute atomic E-state index is 0.397. The van der Waals surface area contributed by atoms with Crippen molar-refractivity contribution in [2.45, 2.75) is 17.6 Å². The first kappa shape index (κ1) is 12.9. The molecule has 1 aromatic rings. The van der Waals surface area contributed by atoms with Gasteiger partial charge in [-0.1, -0.05) is 0 Å². The van der Waals surface area contributed by atoms with Crippen molar-refractivity contribution >= 4 is 34.8 Å². The van der Waals surface area contributed by atoms with E-state index >= 15 is 0 Å².